The number of fused-ring (bicyclic) bond motifs is 1. The molecule has 0 spiro atoms. The fourth-order valence-electron chi connectivity index (χ4n) is 2.97. The van der Waals surface area contributed by atoms with E-state index < -0.39 is 17.6 Å². The smallest absolute Gasteiger partial charge is 0.323 e. The molecule has 13 heteroatoms. The van der Waals surface area contributed by atoms with Crippen molar-refractivity contribution in [3.8, 4) is 5.69 Å². The molecule has 32 heavy (non-hydrogen) atoms. The fourth-order valence-corrected chi connectivity index (χ4v) is 4.62. The Labute approximate surface area is 187 Å². The van der Waals surface area contributed by atoms with E-state index in [1.807, 2.05) is 0 Å². The molecule has 3 heterocycles. The predicted octanol–water partition coefficient (Wildman–Crippen LogP) is 3.81. The second-order valence-corrected chi connectivity index (χ2v) is 8.34. The van der Waals surface area contributed by atoms with Gasteiger partial charge in [0.05, 0.1) is 28.2 Å². The van der Waals surface area contributed by atoms with Crippen molar-refractivity contribution in [2.24, 2.45) is 0 Å². The average molecular weight is 480 g/mol. The Hall–Kier alpha value is -3.19. The molecule has 166 valence electrons. The van der Waals surface area contributed by atoms with E-state index in [2.05, 4.69) is 20.4 Å². The third kappa shape index (κ3) is 4.39. The van der Waals surface area contributed by atoms with E-state index in [1.165, 1.54) is 39.3 Å². The number of nitrogens with one attached hydrogen (secondary N) is 1. The van der Waals surface area contributed by atoms with Crippen LogP contribution in [-0.4, -0.2) is 36.0 Å². The van der Waals surface area contributed by atoms with Crippen molar-refractivity contribution in [1.82, 2.24) is 24.3 Å². The van der Waals surface area contributed by atoms with E-state index in [0.29, 0.717) is 21.9 Å². The summed E-state index contributed by atoms with van der Waals surface area (Å²) in [4.78, 5) is 33.4. The number of hydrogen-bond acceptors (Lipinski definition) is 7. The van der Waals surface area contributed by atoms with Gasteiger partial charge in [0.2, 0.25) is 5.91 Å². The third-order valence-electron chi connectivity index (χ3n) is 4.44. The van der Waals surface area contributed by atoms with Gasteiger partial charge in [0.15, 0.2) is 5.16 Å². The summed E-state index contributed by atoms with van der Waals surface area (Å²) in [6.45, 7) is 2.16. The lowest BCUT2D eigenvalue weighted by Crippen LogP contribution is -2.23. The van der Waals surface area contributed by atoms with Crippen LogP contribution in [0.15, 0.2) is 52.3 Å². The zero-order valence-electron chi connectivity index (χ0n) is 16.5. The van der Waals surface area contributed by atoms with Crippen LogP contribution in [-0.2, 0) is 17.5 Å². The van der Waals surface area contributed by atoms with E-state index in [0.717, 1.165) is 23.9 Å². The number of amides is 1. The van der Waals surface area contributed by atoms with Gasteiger partial charge in [-0.2, -0.15) is 18.3 Å². The van der Waals surface area contributed by atoms with Crippen LogP contribution in [0.1, 0.15) is 12.5 Å². The molecule has 0 aliphatic carbocycles. The maximum Gasteiger partial charge on any atom is 0.416 e. The monoisotopic (exact) mass is 480 g/mol. The van der Waals surface area contributed by atoms with E-state index in [-0.39, 0.29) is 22.7 Å². The third-order valence-corrected chi connectivity index (χ3v) is 6.31. The molecule has 3 aromatic heterocycles. The van der Waals surface area contributed by atoms with Gasteiger partial charge in [-0.1, -0.05) is 11.8 Å². The van der Waals surface area contributed by atoms with Gasteiger partial charge < -0.3 is 5.32 Å². The first kappa shape index (κ1) is 22.0. The first-order chi connectivity index (χ1) is 15.3. The predicted molar refractivity (Wildman–Crippen MR) is 115 cm³/mol. The molecule has 0 aliphatic heterocycles. The summed E-state index contributed by atoms with van der Waals surface area (Å²) in [5.41, 5.74) is -0.392. The summed E-state index contributed by atoms with van der Waals surface area (Å²) in [6.07, 6.45) is -2.03. The molecular weight excluding hydrogens is 465 g/mol. The van der Waals surface area contributed by atoms with Gasteiger partial charge in [0, 0.05) is 6.54 Å². The molecule has 0 unspecified atom stereocenters. The number of rotatable bonds is 6. The molecule has 0 radical (unpaired) electrons. The molecule has 0 fully saturated rings. The van der Waals surface area contributed by atoms with Crippen molar-refractivity contribution in [3.05, 3.63) is 58.2 Å². The van der Waals surface area contributed by atoms with Gasteiger partial charge in [0.25, 0.3) is 5.56 Å². The second kappa shape index (κ2) is 8.74. The van der Waals surface area contributed by atoms with Crippen LogP contribution in [0.2, 0.25) is 0 Å². The summed E-state index contributed by atoms with van der Waals surface area (Å²) >= 11 is 2.32. The number of nitrogens with zero attached hydrogens (tertiary/aromatic N) is 5. The molecule has 1 N–H and O–H groups in total. The molecule has 1 amide bonds. The van der Waals surface area contributed by atoms with Gasteiger partial charge in [-0.25, -0.2) is 14.6 Å². The second-order valence-electron chi connectivity index (χ2n) is 6.49. The Balaban J connectivity index is 1.58. The molecule has 0 bridgehead atoms. The van der Waals surface area contributed by atoms with E-state index in [4.69, 9.17) is 0 Å². The minimum absolute atomic E-state index is 0.0648. The zero-order valence-corrected chi connectivity index (χ0v) is 18.1. The first-order valence-electron chi connectivity index (χ1n) is 9.25. The number of anilines is 1. The Morgan fingerprint density at radius 2 is 2.09 bits per heavy atom. The van der Waals surface area contributed by atoms with Crippen molar-refractivity contribution in [2.45, 2.75) is 24.8 Å². The topological polar surface area (TPSA) is 94.7 Å². The van der Waals surface area contributed by atoms with Gasteiger partial charge in [-0.15, -0.1) is 11.3 Å². The Kier molecular flexibility index (Phi) is 6.02. The maximum atomic E-state index is 13.2. The average Bonchev–Trinajstić information content (AvgIpc) is 3.44. The fraction of sp³-hybridized carbons (Fsp3) is 0.211. The molecule has 8 nitrogen and oxygen atoms in total. The summed E-state index contributed by atoms with van der Waals surface area (Å²) in [5, 5.41) is 8.54. The summed E-state index contributed by atoms with van der Waals surface area (Å²) in [6, 6.07) is 4.68. The van der Waals surface area contributed by atoms with Gasteiger partial charge in [-0.05, 0) is 36.6 Å². The largest absolute Gasteiger partial charge is 0.416 e. The Bertz CT molecular complexity index is 1330. The Morgan fingerprint density at radius 1 is 1.28 bits per heavy atom. The van der Waals surface area contributed by atoms with Crippen molar-refractivity contribution < 1.29 is 18.0 Å². The standard InChI is InChI=1S/C19H15F3N6O2S2/c1-2-27-17(30)16-12(5-6-31-16)26-18(27)32-8-15(29)25-13-7-11(19(20,21)22)3-4-14(13)28-10-23-9-24-28/h3-7,9-10H,2,8H2,1H3,(H,25,29). The van der Waals surface area contributed by atoms with Crippen LogP contribution >= 0.6 is 23.1 Å². The molecular formula is C19H15F3N6O2S2. The molecule has 0 atom stereocenters. The number of benzene rings is 1. The van der Waals surface area contributed by atoms with Crippen LogP contribution in [0.5, 0.6) is 0 Å². The highest BCUT2D eigenvalue weighted by molar-refractivity contribution is 7.99. The minimum Gasteiger partial charge on any atom is -0.323 e. The zero-order chi connectivity index (χ0) is 22.9. The number of carbonyl (C=O) groups is 1. The van der Waals surface area contributed by atoms with Crippen molar-refractivity contribution in [3.63, 3.8) is 0 Å². The van der Waals surface area contributed by atoms with Crippen LogP contribution in [0.3, 0.4) is 0 Å². The number of hydrogen-bond donors (Lipinski definition) is 1. The lowest BCUT2D eigenvalue weighted by Gasteiger charge is -2.14. The number of carbonyl (C=O) groups excluding carboxylic acids is 1. The minimum atomic E-state index is -4.58. The highest BCUT2D eigenvalue weighted by atomic mass is 32.2. The number of halogens is 3. The summed E-state index contributed by atoms with van der Waals surface area (Å²) < 4.78 is 42.8. The normalized spacial score (nSPS) is 11.8. The highest BCUT2D eigenvalue weighted by Crippen LogP contribution is 2.33. The lowest BCUT2D eigenvalue weighted by molar-refractivity contribution is -0.137. The molecule has 0 saturated carbocycles. The highest BCUT2D eigenvalue weighted by Gasteiger charge is 2.31. The van der Waals surface area contributed by atoms with Crippen LogP contribution in [0.4, 0.5) is 18.9 Å². The quantitative estimate of drug-likeness (QED) is 0.333. The molecule has 0 aliphatic rings. The number of thioether (sulfide) groups is 1. The van der Waals surface area contributed by atoms with Gasteiger partial charge in [0.1, 0.15) is 17.4 Å². The van der Waals surface area contributed by atoms with Gasteiger partial charge in [-0.3, -0.25) is 14.2 Å². The molecule has 0 saturated heterocycles. The number of aromatic nitrogens is 5. The molecule has 4 aromatic rings. The number of alkyl halides is 3. The van der Waals surface area contributed by atoms with E-state index >= 15 is 0 Å². The summed E-state index contributed by atoms with van der Waals surface area (Å²) in [5.74, 6) is -0.715. The Morgan fingerprint density at radius 3 is 2.78 bits per heavy atom. The first-order valence-corrected chi connectivity index (χ1v) is 11.1. The number of thiophene rings is 1. The van der Waals surface area contributed by atoms with E-state index in [9.17, 15) is 22.8 Å². The van der Waals surface area contributed by atoms with E-state index in [1.54, 1.807) is 18.4 Å². The van der Waals surface area contributed by atoms with Crippen molar-refractivity contribution in [2.75, 3.05) is 11.1 Å². The lowest BCUT2D eigenvalue weighted by atomic mass is 10.1. The summed E-state index contributed by atoms with van der Waals surface area (Å²) in [7, 11) is 0. The SMILES string of the molecule is CCn1c(SCC(=O)Nc2cc(C(F)(F)F)ccc2-n2cncn2)nc2ccsc2c1=O. The molecule has 4 rings (SSSR count). The van der Waals surface area contributed by atoms with Crippen LogP contribution in [0, 0.1) is 0 Å². The van der Waals surface area contributed by atoms with Crippen LogP contribution < -0.4 is 10.9 Å². The van der Waals surface area contributed by atoms with Crippen molar-refractivity contribution >= 4 is 44.9 Å². The molecule has 1 aromatic carbocycles. The van der Waals surface area contributed by atoms with Crippen molar-refractivity contribution in [1.29, 1.82) is 0 Å². The van der Waals surface area contributed by atoms with Crippen LogP contribution in [0.25, 0.3) is 15.9 Å². The maximum absolute atomic E-state index is 13.2. The van der Waals surface area contributed by atoms with Gasteiger partial charge >= 0.3 is 6.18 Å².